The van der Waals surface area contributed by atoms with Gasteiger partial charge < -0.3 is 16.0 Å². The molecule has 3 N–H and O–H groups in total. The number of carbonyl (C=O) groups is 1. The van der Waals surface area contributed by atoms with E-state index in [1.165, 1.54) is 12.8 Å². The fourth-order valence-corrected chi connectivity index (χ4v) is 4.19. The summed E-state index contributed by atoms with van der Waals surface area (Å²) in [6.07, 6.45) is 4.11. The van der Waals surface area contributed by atoms with Gasteiger partial charge in [-0.25, -0.2) is 0 Å². The molecule has 0 radical (unpaired) electrons. The smallest absolute Gasteiger partial charge is 0.225 e. The molecule has 24 heavy (non-hydrogen) atoms. The average molecular weight is 393 g/mol. The second kappa shape index (κ2) is 8.72. The maximum atomic E-state index is 12.1. The fourth-order valence-electron chi connectivity index (χ4n) is 3.86. The lowest BCUT2D eigenvalue weighted by atomic mass is 9.78. The molecular weight excluding hydrogens is 369 g/mol. The van der Waals surface area contributed by atoms with E-state index < -0.39 is 0 Å². The molecule has 1 heterocycles. The standard InChI is InChI=1S/C17H23Cl2N3O.ClH/c18-12-4-5-14(19)16(8-12)21-17(23)6-7-22-9-11-2-1-3-15(20)13(11)10-22;/h4-5,8,11,13,15H,1-3,6-7,9-10,20H2,(H,21,23);1H. The molecule has 1 aliphatic heterocycles. The Labute approximate surface area is 159 Å². The highest BCUT2D eigenvalue weighted by Gasteiger charge is 2.38. The Morgan fingerprint density at radius 1 is 1.29 bits per heavy atom. The van der Waals surface area contributed by atoms with Crippen molar-refractivity contribution in [2.75, 3.05) is 25.0 Å². The Balaban J connectivity index is 0.00000208. The number of carbonyl (C=O) groups excluding carboxylic acids is 1. The minimum absolute atomic E-state index is 0. The van der Waals surface area contributed by atoms with Crippen LogP contribution < -0.4 is 11.1 Å². The van der Waals surface area contributed by atoms with Crippen LogP contribution in [0.4, 0.5) is 5.69 Å². The van der Waals surface area contributed by atoms with E-state index in [4.69, 9.17) is 28.9 Å². The minimum Gasteiger partial charge on any atom is -0.327 e. The molecule has 1 aliphatic carbocycles. The van der Waals surface area contributed by atoms with Crippen LogP contribution >= 0.6 is 35.6 Å². The quantitative estimate of drug-likeness (QED) is 0.819. The summed E-state index contributed by atoms with van der Waals surface area (Å²) in [7, 11) is 0. The molecule has 0 spiro atoms. The molecule has 1 aromatic rings. The van der Waals surface area contributed by atoms with Gasteiger partial charge in [0.25, 0.3) is 0 Å². The highest BCUT2D eigenvalue weighted by atomic mass is 35.5. The number of anilines is 1. The van der Waals surface area contributed by atoms with E-state index in [0.717, 1.165) is 26.1 Å². The first kappa shape index (κ1) is 19.8. The highest BCUT2D eigenvalue weighted by Crippen LogP contribution is 2.35. The molecule has 4 nitrogen and oxygen atoms in total. The maximum absolute atomic E-state index is 12.1. The summed E-state index contributed by atoms with van der Waals surface area (Å²) in [5, 5.41) is 3.90. The predicted octanol–water partition coefficient (Wildman–Crippen LogP) is 3.80. The van der Waals surface area contributed by atoms with Crippen molar-refractivity contribution in [3.63, 3.8) is 0 Å². The van der Waals surface area contributed by atoms with Gasteiger partial charge in [0.1, 0.15) is 0 Å². The lowest BCUT2D eigenvalue weighted by Crippen LogP contribution is -2.38. The van der Waals surface area contributed by atoms with E-state index in [1.54, 1.807) is 18.2 Å². The number of amides is 1. The van der Waals surface area contributed by atoms with E-state index in [1.807, 2.05) is 0 Å². The van der Waals surface area contributed by atoms with Crippen molar-refractivity contribution >= 4 is 47.2 Å². The maximum Gasteiger partial charge on any atom is 0.225 e. The predicted molar refractivity (Wildman–Crippen MR) is 102 cm³/mol. The van der Waals surface area contributed by atoms with Gasteiger partial charge in [0.15, 0.2) is 0 Å². The van der Waals surface area contributed by atoms with Crippen LogP contribution in [0.5, 0.6) is 0 Å². The zero-order chi connectivity index (χ0) is 16.4. The van der Waals surface area contributed by atoms with Crippen LogP contribution in [0.3, 0.4) is 0 Å². The Morgan fingerprint density at radius 3 is 2.83 bits per heavy atom. The summed E-state index contributed by atoms with van der Waals surface area (Å²) >= 11 is 12.0. The first-order valence-corrected chi connectivity index (χ1v) is 9.01. The lowest BCUT2D eigenvalue weighted by Gasteiger charge is -2.29. The van der Waals surface area contributed by atoms with Crippen LogP contribution in [0, 0.1) is 11.8 Å². The van der Waals surface area contributed by atoms with Crippen LogP contribution in [0.1, 0.15) is 25.7 Å². The largest absolute Gasteiger partial charge is 0.327 e. The third kappa shape index (κ3) is 4.77. The summed E-state index contributed by atoms with van der Waals surface area (Å²) in [6, 6.07) is 5.39. The molecule has 1 saturated heterocycles. The van der Waals surface area contributed by atoms with Gasteiger partial charge in [0.2, 0.25) is 5.91 Å². The molecule has 3 unspecified atom stereocenters. The highest BCUT2D eigenvalue weighted by molar-refractivity contribution is 6.35. The third-order valence-corrected chi connectivity index (χ3v) is 5.65. The number of rotatable bonds is 4. The van der Waals surface area contributed by atoms with Gasteiger partial charge in [-0.3, -0.25) is 4.79 Å². The Morgan fingerprint density at radius 2 is 2.08 bits per heavy atom. The number of halogens is 3. The zero-order valence-electron chi connectivity index (χ0n) is 13.5. The van der Waals surface area contributed by atoms with Crippen LogP contribution in [0.25, 0.3) is 0 Å². The van der Waals surface area contributed by atoms with Crippen molar-refractivity contribution < 1.29 is 4.79 Å². The first-order valence-electron chi connectivity index (χ1n) is 8.26. The van der Waals surface area contributed by atoms with Crippen molar-refractivity contribution in [3.05, 3.63) is 28.2 Å². The number of fused-ring (bicyclic) bond motifs is 1. The van der Waals surface area contributed by atoms with Crippen LogP contribution in [-0.2, 0) is 4.79 Å². The summed E-state index contributed by atoms with van der Waals surface area (Å²) in [5.74, 6) is 1.28. The molecule has 0 aromatic heterocycles. The second-order valence-corrected chi connectivity index (χ2v) is 7.54. The van der Waals surface area contributed by atoms with E-state index in [9.17, 15) is 4.79 Å². The molecule has 0 bridgehead atoms. The van der Waals surface area contributed by atoms with Crippen molar-refractivity contribution in [3.8, 4) is 0 Å². The monoisotopic (exact) mass is 391 g/mol. The molecule has 1 saturated carbocycles. The number of likely N-dealkylation sites (tertiary alicyclic amines) is 1. The van der Waals surface area contributed by atoms with Gasteiger partial charge in [0.05, 0.1) is 10.7 Å². The fraction of sp³-hybridized carbons (Fsp3) is 0.588. The number of hydrogen-bond donors (Lipinski definition) is 2. The van der Waals surface area contributed by atoms with Gasteiger partial charge in [0, 0.05) is 37.1 Å². The molecule has 7 heteroatoms. The molecule has 3 rings (SSSR count). The van der Waals surface area contributed by atoms with Crippen LogP contribution in [0.2, 0.25) is 10.0 Å². The summed E-state index contributed by atoms with van der Waals surface area (Å²) in [4.78, 5) is 14.5. The molecule has 2 fully saturated rings. The Hall–Kier alpha value is -0.520. The number of nitrogens with zero attached hydrogens (tertiary/aromatic N) is 1. The minimum atomic E-state index is -0.0339. The number of nitrogens with two attached hydrogens (primary N) is 1. The second-order valence-electron chi connectivity index (χ2n) is 6.70. The van der Waals surface area contributed by atoms with E-state index in [0.29, 0.717) is 40.0 Å². The topological polar surface area (TPSA) is 58.4 Å². The van der Waals surface area contributed by atoms with E-state index in [-0.39, 0.29) is 18.3 Å². The molecular formula is C17H24Cl3N3O. The van der Waals surface area contributed by atoms with Gasteiger partial charge in [-0.1, -0.05) is 29.6 Å². The lowest BCUT2D eigenvalue weighted by molar-refractivity contribution is -0.116. The molecule has 1 amide bonds. The SMILES string of the molecule is Cl.NC1CCCC2CN(CCC(=O)Nc3cc(Cl)ccc3Cl)CC12. The summed E-state index contributed by atoms with van der Waals surface area (Å²) in [5.41, 5.74) is 6.81. The van der Waals surface area contributed by atoms with E-state index in [2.05, 4.69) is 10.2 Å². The zero-order valence-corrected chi connectivity index (χ0v) is 15.8. The van der Waals surface area contributed by atoms with Gasteiger partial charge in [-0.15, -0.1) is 12.4 Å². The molecule has 2 aliphatic rings. The average Bonchev–Trinajstić information content (AvgIpc) is 2.94. The van der Waals surface area contributed by atoms with Gasteiger partial charge in [-0.05, 0) is 42.9 Å². The summed E-state index contributed by atoms with van der Waals surface area (Å²) < 4.78 is 0. The molecule has 1 aromatic carbocycles. The number of hydrogen-bond acceptors (Lipinski definition) is 3. The Kier molecular flexibility index (Phi) is 7.20. The number of nitrogens with one attached hydrogen (secondary N) is 1. The first-order chi connectivity index (χ1) is 11.0. The van der Waals surface area contributed by atoms with Crippen LogP contribution in [-0.4, -0.2) is 36.5 Å². The van der Waals surface area contributed by atoms with Crippen molar-refractivity contribution in [1.82, 2.24) is 4.90 Å². The van der Waals surface area contributed by atoms with Crippen molar-refractivity contribution in [2.45, 2.75) is 31.7 Å². The summed E-state index contributed by atoms with van der Waals surface area (Å²) in [6.45, 7) is 2.87. The van der Waals surface area contributed by atoms with Gasteiger partial charge in [-0.2, -0.15) is 0 Å². The third-order valence-electron chi connectivity index (χ3n) is 5.09. The van der Waals surface area contributed by atoms with E-state index >= 15 is 0 Å². The normalized spacial score (nSPS) is 26.5. The molecule has 134 valence electrons. The van der Waals surface area contributed by atoms with Crippen LogP contribution in [0.15, 0.2) is 18.2 Å². The van der Waals surface area contributed by atoms with Crippen molar-refractivity contribution in [1.29, 1.82) is 0 Å². The number of benzene rings is 1. The Bertz CT molecular complexity index is 584. The van der Waals surface area contributed by atoms with Crippen molar-refractivity contribution in [2.24, 2.45) is 17.6 Å². The molecule has 3 atom stereocenters. The van der Waals surface area contributed by atoms with Gasteiger partial charge >= 0.3 is 0 Å².